The van der Waals surface area contributed by atoms with Gasteiger partial charge in [-0.15, -0.1) is 0 Å². The maximum absolute atomic E-state index is 13.6. The summed E-state index contributed by atoms with van der Waals surface area (Å²) < 4.78 is 29.1. The number of hydrogen-bond acceptors (Lipinski definition) is 5. The lowest BCUT2D eigenvalue weighted by molar-refractivity contribution is 0.0101. The average Bonchev–Trinajstić information content (AvgIpc) is 3.27. The van der Waals surface area contributed by atoms with E-state index in [1.54, 1.807) is 30.7 Å². The highest BCUT2D eigenvalue weighted by molar-refractivity contribution is 6.33. The molecule has 0 aliphatic heterocycles. The van der Waals surface area contributed by atoms with Crippen LogP contribution in [0.5, 0.6) is 0 Å². The standard InChI is InChI=1S/C26H24ClF2N5O/c1-26(35)11-8-19(9-12-26)34-15-31-23(16-2-4-17(28)5-3-16)24(34)22-10-13-30-25(33-22)32-21-7-6-18(29)14-20(21)27/h2-7,10,13-15,19,35H,8-9,11-12H2,1H3,(H,30,32,33). The van der Waals surface area contributed by atoms with Crippen molar-refractivity contribution < 1.29 is 13.9 Å². The van der Waals surface area contributed by atoms with Gasteiger partial charge in [-0.05, 0) is 81.1 Å². The predicted octanol–water partition coefficient (Wildman–Crippen LogP) is 6.55. The summed E-state index contributed by atoms with van der Waals surface area (Å²) in [6.07, 6.45) is 6.35. The van der Waals surface area contributed by atoms with Gasteiger partial charge in [0.1, 0.15) is 11.6 Å². The molecule has 2 aromatic heterocycles. The fraction of sp³-hybridized carbons (Fsp3) is 0.269. The van der Waals surface area contributed by atoms with Crippen molar-refractivity contribution >= 4 is 23.2 Å². The molecule has 0 atom stereocenters. The van der Waals surface area contributed by atoms with Crippen molar-refractivity contribution in [1.82, 2.24) is 19.5 Å². The highest BCUT2D eigenvalue weighted by Gasteiger charge is 2.31. The molecule has 0 amide bonds. The normalized spacial score (nSPS) is 20.1. The highest BCUT2D eigenvalue weighted by Crippen LogP contribution is 2.40. The second-order valence-electron chi connectivity index (χ2n) is 9.10. The van der Waals surface area contributed by atoms with Crippen molar-refractivity contribution in [3.63, 3.8) is 0 Å². The van der Waals surface area contributed by atoms with Crippen molar-refractivity contribution in [2.24, 2.45) is 0 Å². The van der Waals surface area contributed by atoms with E-state index in [-0.39, 0.29) is 16.9 Å². The first-order chi connectivity index (χ1) is 16.8. The van der Waals surface area contributed by atoms with Crippen LogP contribution in [0.2, 0.25) is 5.02 Å². The number of benzene rings is 2. The van der Waals surface area contributed by atoms with E-state index in [1.165, 1.54) is 30.3 Å². The third kappa shape index (κ3) is 5.04. The molecule has 1 fully saturated rings. The van der Waals surface area contributed by atoms with E-state index in [1.807, 2.05) is 6.92 Å². The molecule has 6 nitrogen and oxygen atoms in total. The molecule has 180 valence electrons. The Kier molecular flexibility index (Phi) is 6.25. The van der Waals surface area contributed by atoms with Gasteiger partial charge in [0.2, 0.25) is 5.95 Å². The zero-order valence-corrected chi connectivity index (χ0v) is 19.8. The number of nitrogens with one attached hydrogen (secondary N) is 1. The van der Waals surface area contributed by atoms with Crippen molar-refractivity contribution in [1.29, 1.82) is 0 Å². The largest absolute Gasteiger partial charge is 0.390 e. The Labute approximate surface area is 206 Å². The summed E-state index contributed by atoms with van der Waals surface area (Å²) in [5.41, 5.74) is 2.64. The number of aliphatic hydroxyl groups is 1. The second kappa shape index (κ2) is 9.36. The Morgan fingerprint density at radius 1 is 1.03 bits per heavy atom. The number of imidazole rings is 1. The summed E-state index contributed by atoms with van der Waals surface area (Å²) in [6, 6.07) is 12.1. The number of anilines is 2. The lowest BCUT2D eigenvalue weighted by atomic mass is 9.83. The van der Waals surface area contributed by atoms with Crippen molar-refractivity contribution in [3.05, 3.63) is 77.7 Å². The SMILES string of the molecule is CC1(O)CCC(n2cnc(-c3ccc(F)cc3)c2-c2ccnc(Nc3ccc(F)cc3Cl)n2)CC1. The van der Waals surface area contributed by atoms with Crippen LogP contribution in [-0.2, 0) is 0 Å². The van der Waals surface area contributed by atoms with Crippen LogP contribution in [0.15, 0.2) is 61.1 Å². The lowest BCUT2D eigenvalue weighted by Crippen LogP contribution is -2.31. The number of aromatic nitrogens is 4. The summed E-state index contributed by atoms with van der Waals surface area (Å²) in [5, 5.41) is 13.7. The molecule has 1 saturated carbocycles. The van der Waals surface area contributed by atoms with Crippen LogP contribution in [-0.4, -0.2) is 30.2 Å². The zero-order chi connectivity index (χ0) is 24.6. The Morgan fingerprint density at radius 3 is 2.46 bits per heavy atom. The van der Waals surface area contributed by atoms with E-state index in [0.29, 0.717) is 35.9 Å². The Bertz CT molecular complexity index is 1350. The number of hydrogen-bond donors (Lipinski definition) is 2. The van der Waals surface area contributed by atoms with Crippen LogP contribution in [0.3, 0.4) is 0 Å². The van der Waals surface area contributed by atoms with Crippen LogP contribution >= 0.6 is 11.6 Å². The van der Waals surface area contributed by atoms with Crippen LogP contribution in [0.1, 0.15) is 38.6 Å². The molecule has 2 aromatic carbocycles. The molecule has 0 saturated heterocycles. The second-order valence-corrected chi connectivity index (χ2v) is 9.51. The number of rotatable bonds is 5. The van der Waals surface area contributed by atoms with Crippen LogP contribution < -0.4 is 5.32 Å². The predicted molar refractivity (Wildman–Crippen MR) is 131 cm³/mol. The lowest BCUT2D eigenvalue weighted by Gasteiger charge is -2.34. The average molecular weight is 496 g/mol. The van der Waals surface area contributed by atoms with Crippen LogP contribution in [0.25, 0.3) is 22.6 Å². The van der Waals surface area contributed by atoms with E-state index >= 15 is 0 Å². The first-order valence-electron chi connectivity index (χ1n) is 11.4. The summed E-state index contributed by atoms with van der Waals surface area (Å²) in [7, 11) is 0. The van der Waals surface area contributed by atoms with E-state index < -0.39 is 11.4 Å². The maximum Gasteiger partial charge on any atom is 0.227 e. The van der Waals surface area contributed by atoms with Gasteiger partial charge in [0.15, 0.2) is 0 Å². The smallest absolute Gasteiger partial charge is 0.227 e. The third-order valence-electron chi connectivity index (χ3n) is 6.41. The molecular formula is C26H24ClF2N5O. The number of halogens is 3. The zero-order valence-electron chi connectivity index (χ0n) is 19.0. The minimum Gasteiger partial charge on any atom is -0.390 e. The molecule has 0 bridgehead atoms. The van der Waals surface area contributed by atoms with Crippen LogP contribution in [0.4, 0.5) is 20.4 Å². The summed E-state index contributed by atoms with van der Waals surface area (Å²) in [6.45, 7) is 1.87. The Hall–Kier alpha value is -3.36. The molecule has 1 aliphatic rings. The first kappa shape index (κ1) is 23.4. The van der Waals surface area contributed by atoms with Crippen molar-refractivity contribution in [2.45, 2.75) is 44.2 Å². The Morgan fingerprint density at radius 2 is 1.74 bits per heavy atom. The van der Waals surface area contributed by atoms with Crippen LogP contribution in [0, 0.1) is 11.6 Å². The van der Waals surface area contributed by atoms with E-state index in [2.05, 4.69) is 19.9 Å². The summed E-state index contributed by atoms with van der Waals surface area (Å²) in [4.78, 5) is 13.7. The van der Waals surface area contributed by atoms with Gasteiger partial charge in [0.25, 0.3) is 0 Å². The minimum absolute atomic E-state index is 0.129. The van der Waals surface area contributed by atoms with E-state index in [9.17, 15) is 13.9 Å². The molecule has 2 N–H and O–H groups in total. The van der Waals surface area contributed by atoms with Crippen molar-refractivity contribution in [3.8, 4) is 22.6 Å². The highest BCUT2D eigenvalue weighted by atomic mass is 35.5. The molecule has 0 spiro atoms. The minimum atomic E-state index is -0.669. The summed E-state index contributed by atoms with van der Waals surface area (Å²) in [5.74, 6) is -0.469. The third-order valence-corrected chi connectivity index (χ3v) is 6.73. The van der Waals surface area contributed by atoms with Gasteiger partial charge in [-0.1, -0.05) is 11.6 Å². The monoisotopic (exact) mass is 495 g/mol. The van der Waals surface area contributed by atoms with Gasteiger partial charge in [-0.25, -0.2) is 23.7 Å². The molecular weight excluding hydrogens is 472 g/mol. The van der Waals surface area contributed by atoms with E-state index in [4.69, 9.17) is 16.6 Å². The molecule has 35 heavy (non-hydrogen) atoms. The fourth-order valence-electron chi connectivity index (χ4n) is 4.48. The van der Waals surface area contributed by atoms with Gasteiger partial charge in [0, 0.05) is 17.8 Å². The first-order valence-corrected chi connectivity index (χ1v) is 11.8. The topological polar surface area (TPSA) is 75.9 Å². The fourth-order valence-corrected chi connectivity index (χ4v) is 4.69. The molecule has 2 heterocycles. The van der Waals surface area contributed by atoms with Gasteiger partial charge < -0.3 is 15.0 Å². The Balaban J connectivity index is 1.56. The molecule has 4 aromatic rings. The van der Waals surface area contributed by atoms with Gasteiger partial charge >= 0.3 is 0 Å². The molecule has 5 rings (SSSR count). The van der Waals surface area contributed by atoms with Gasteiger partial charge in [0.05, 0.1) is 39.7 Å². The van der Waals surface area contributed by atoms with Crippen molar-refractivity contribution in [2.75, 3.05) is 5.32 Å². The van der Waals surface area contributed by atoms with E-state index in [0.717, 1.165) is 24.1 Å². The maximum atomic E-state index is 13.6. The van der Waals surface area contributed by atoms with Gasteiger partial charge in [-0.2, -0.15) is 0 Å². The quantitative estimate of drug-likeness (QED) is 0.328. The number of nitrogens with zero attached hydrogens (tertiary/aromatic N) is 4. The summed E-state index contributed by atoms with van der Waals surface area (Å²) >= 11 is 6.16. The van der Waals surface area contributed by atoms with Gasteiger partial charge in [-0.3, -0.25) is 0 Å². The molecule has 0 radical (unpaired) electrons. The molecule has 1 aliphatic carbocycles. The molecule has 0 unspecified atom stereocenters. The molecule has 9 heteroatoms.